The minimum absolute atomic E-state index is 0.00948. The molecule has 0 spiro atoms. The second-order valence-electron chi connectivity index (χ2n) is 14.9. The van der Waals surface area contributed by atoms with Gasteiger partial charge in [0.25, 0.3) is 0 Å². The van der Waals surface area contributed by atoms with Crippen molar-refractivity contribution in [2.24, 2.45) is 17.6 Å². The number of phenolic OH excluding ortho intramolecular Hbond substituents is 1. The number of hydrogen-bond donors (Lipinski definition) is 11. The number of carboxylic acid groups (broad SMARTS) is 2. The number of benzene rings is 2. The predicted octanol–water partition coefficient (Wildman–Crippen LogP) is -0.340. The van der Waals surface area contributed by atoms with Gasteiger partial charge in [-0.1, -0.05) is 67.9 Å². The topological polar surface area (TPSA) is 325 Å². The lowest BCUT2D eigenvalue weighted by molar-refractivity contribution is -0.142. The van der Waals surface area contributed by atoms with E-state index in [-0.39, 0.29) is 29.8 Å². The van der Waals surface area contributed by atoms with Crippen LogP contribution in [0.4, 0.5) is 5.69 Å². The van der Waals surface area contributed by atoms with Crippen molar-refractivity contribution in [2.75, 3.05) is 17.2 Å². The van der Waals surface area contributed by atoms with Gasteiger partial charge >= 0.3 is 11.9 Å². The van der Waals surface area contributed by atoms with Gasteiger partial charge in [0.1, 0.15) is 36.0 Å². The van der Waals surface area contributed by atoms with Crippen molar-refractivity contribution in [3.05, 3.63) is 59.7 Å². The van der Waals surface area contributed by atoms with Crippen LogP contribution in [0.15, 0.2) is 48.5 Å². The first-order valence-electron chi connectivity index (χ1n) is 19.3. The second-order valence-corrected chi connectivity index (χ2v) is 15.5. The Morgan fingerprint density at radius 1 is 0.574 bits per heavy atom. The summed E-state index contributed by atoms with van der Waals surface area (Å²) >= 11 is 3.06. The predicted molar refractivity (Wildman–Crippen MR) is 225 cm³/mol. The van der Waals surface area contributed by atoms with E-state index in [1.807, 2.05) is 0 Å². The molecule has 7 amide bonds. The van der Waals surface area contributed by atoms with Crippen LogP contribution in [0.3, 0.4) is 0 Å². The summed E-state index contributed by atoms with van der Waals surface area (Å²) < 4.78 is 0. The molecule has 334 valence electrons. The summed E-state index contributed by atoms with van der Waals surface area (Å²) in [5.41, 5.74) is 6.87. The van der Waals surface area contributed by atoms with Crippen molar-refractivity contribution >= 4 is 74.9 Å². The number of nitrogens with one attached hydrogen (secondary N) is 7. The van der Waals surface area contributed by atoms with E-state index in [2.05, 4.69) is 53.1 Å². The zero-order valence-electron chi connectivity index (χ0n) is 34.5. The molecular weight excluding hydrogens is 864 g/mol. The summed E-state index contributed by atoms with van der Waals surface area (Å²) in [5.74, 6) is -9.12. The Bertz CT molecular complexity index is 1880. The van der Waals surface area contributed by atoms with Gasteiger partial charge in [-0.3, -0.25) is 43.2 Å². The quantitative estimate of drug-likeness (QED) is 0.0602. The third-order valence-electron chi connectivity index (χ3n) is 9.08. The Morgan fingerprint density at radius 2 is 1.07 bits per heavy atom. The van der Waals surface area contributed by atoms with Crippen LogP contribution in [0.5, 0.6) is 5.75 Å². The molecule has 0 bridgehead atoms. The van der Waals surface area contributed by atoms with Crippen molar-refractivity contribution in [1.82, 2.24) is 31.9 Å². The van der Waals surface area contributed by atoms with E-state index in [4.69, 9.17) is 5.73 Å². The summed E-state index contributed by atoms with van der Waals surface area (Å²) in [5, 5.41) is 46.4. The standard InChI is InChI=1S/C40H55BrN8O12/c1-20(2)34(48-31(52)19-42)40(61)49-35(21(3)4)39(60)47-29(17-33(55)56)38(59)46-28(15-24-6-10-25(11-7-24)44-30(51)18-41)37(58)43-22(5)36(57)45-26(16-32(53)54)14-23-8-12-27(50)13-9-23/h6-13,20-22,26,28-29,34-35,50H,14-19,42H2,1-5H3,(H,43,58)(H,44,51)(H,45,57)(H,46,59)(H,47,60)(H,48,52)(H,49,61)(H,53,54)(H,55,56)/t22-,26+,28+,29+,34+,35+/m1/s1. The number of aliphatic carboxylic acids is 2. The van der Waals surface area contributed by atoms with Crippen LogP contribution in [-0.2, 0) is 56.0 Å². The highest BCUT2D eigenvalue weighted by molar-refractivity contribution is 9.09. The summed E-state index contributed by atoms with van der Waals surface area (Å²) in [4.78, 5) is 115. The molecule has 2 rings (SSSR count). The molecule has 2 aromatic rings. The van der Waals surface area contributed by atoms with Crippen molar-refractivity contribution in [3.8, 4) is 5.75 Å². The molecule has 0 aliphatic carbocycles. The summed E-state index contributed by atoms with van der Waals surface area (Å²) in [6.07, 6.45) is -1.58. The molecule has 0 saturated carbocycles. The van der Waals surface area contributed by atoms with Crippen LogP contribution >= 0.6 is 15.9 Å². The number of phenols is 1. The fourth-order valence-electron chi connectivity index (χ4n) is 5.83. The third-order valence-corrected chi connectivity index (χ3v) is 9.59. The first-order chi connectivity index (χ1) is 28.6. The molecular formula is C40H55BrN8O12. The van der Waals surface area contributed by atoms with Crippen molar-refractivity contribution in [3.63, 3.8) is 0 Å². The number of aromatic hydroxyl groups is 1. The molecule has 0 aromatic heterocycles. The summed E-state index contributed by atoms with van der Waals surface area (Å²) in [6, 6.07) is 4.23. The van der Waals surface area contributed by atoms with E-state index in [1.54, 1.807) is 64.1 Å². The van der Waals surface area contributed by atoms with Crippen LogP contribution in [0.2, 0.25) is 0 Å². The van der Waals surface area contributed by atoms with Crippen LogP contribution in [0.1, 0.15) is 58.6 Å². The second kappa shape index (κ2) is 24.9. The molecule has 20 nitrogen and oxygen atoms in total. The Balaban J connectivity index is 2.38. The number of carbonyl (C=O) groups is 9. The zero-order chi connectivity index (χ0) is 46.0. The minimum atomic E-state index is -1.78. The fourth-order valence-corrected chi connectivity index (χ4v) is 5.97. The van der Waals surface area contributed by atoms with Gasteiger partial charge in [0, 0.05) is 18.2 Å². The van der Waals surface area contributed by atoms with Crippen LogP contribution in [-0.4, -0.2) is 117 Å². The molecule has 12 N–H and O–H groups in total. The molecule has 2 aromatic carbocycles. The van der Waals surface area contributed by atoms with E-state index in [1.165, 1.54) is 19.1 Å². The number of amides is 7. The van der Waals surface area contributed by atoms with Crippen molar-refractivity contribution < 1.29 is 58.5 Å². The SMILES string of the molecule is CC(C)[C@H](NC(=O)CN)C(=O)N[C@H](C(=O)N[C@@H](CC(=O)O)C(=O)N[C@@H](Cc1ccc(NC(=O)CBr)cc1)C(=O)N[C@H](C)C(=O)N[C@H](CC(=O)O)Cc1ccc(O)cc1)C(C)C. The summed E-state index contributed by atoms with van der Waals surface area (Å²) in [7, 11) is 0. The van der Waals surface area contributed by atoms with Gasteiger partial charge in [0.2, 0.25) is 41.4 Å². The molecule has 0 fully saturated rings. The highest BCUT2D eigenvalue weighted by atomic mass is 79.9. The number of rotatable bonds is 24. The molecule has 61 heavy (non-hydrogen) atoms. The smallest absolute Gasteiger partial charge is 0.305 e. The highest BCUT2D eigenvalue weighted by Crippen LogP contribution is 2.15. The number of carboxylic acids is 2. The lowest BCUT2D eigenvalue weighted by atomic mass is 9.99. The number of anilines is 1. The average molecular weight is 920 g/mol. The van der Waals surface area contributed by atoms with Gasteiger partial charge < -0.3 is 58.3 Å². The Labute approximate surface area is 361 Å². The molecule has 6 atom stereocenters. The maximum Gasteiger partial charge on any atom is 0.305 e. The molecule has 21 heteroatoms. The Morgan fingerprint density at radius 3 is 1.59 bits per heavy atom. The number of halogens is 1. The molecule has 0 radical (unpaired) electrons. The van der Waals surface area contributed by atoms with Gasteiger partial charge in [0.05, 0.1) is 24.7 Å². The minimum Gasteiger partial charge on any atom is -0.508 e. The highest BCUT2D eigenvalue weighted by Gasteiger charge is 2.35. The average Bonchev–Trinajstić information content (AvgIpc) is 3.18. The molecule has 0 unspecified atom stereocenters. The fraction of sp³-hybridized carbons (Fsp3) is 0.475. The van der Waals surface area contributed by atoms with E-state index < -0.39 is 115 Å². The van der Waals surface area contributed by atoms with Gasteiger partial charge in [-0.05, 0) is 60.6 Å². The molecule has 0 aliphatic rings. The van der Waals surface area contributed by atoms with E-state index in [9.17, 15) is 58.5 Å². The molecule has 0 saturated heterocycles. The lowest BCUT2D eigenvalue weighted by Gasteiger charge is -2.29. The van der Waals surface area contributed by atoms with Crippen LogP contribution < -0.4 is 43.0 Å². The Hall–Kier alpha value is -6.09. The third kappa shape index (κ3) is 18.0. The first kappa shape index (κ1) is 51.1. The molecule has 0 aliphatic heterocycles. The zero-order valence-corrected chi connectivity index (χ0v) is 36.0. The van der Waals surface area contributed by atoms with Gasteiger partial charge in [-0.2, -0.15) is 0 Å². The first-order valence-corrected chi connectivity index (χ1v) is 20.4. The maximum atomic E-state index is 13.9. The van der Waals surface area contributed by atoms with Crippen molar-refractivity contribution in [2.45, 2.75) is 96.6 Å². The Kier molecular flexibility index (Phi) is 20.8. The van der Waals surface area contributed by atoms with E-state index in [0.717, 1.165) is 0 Å². The van der Waals surface area contributed by atoms with Crippen LogP contribution in [0, 0.1) is 11.8 Å². The monoisotopic (exact) mass is 918 g/mol. The van der Waals surface area contributed by atoms with Crippen LogP contribution in [0.25, 0.3) is 0 Å². The van der Waals surface area contributed by atoms with E-state index >= 15 is 0 Å². The lowest BCUT2D eigenvalue weighted by Crippen LogP contribution is -2.61. The largest absolute Gasteiger partial charge is 0.508 e. The van der Waals surface area contributed by atoms with Crippen molar-refractivity contribution in [1.29, 1.82) is 0 Å². The number of nitrogens with two attached hydrogens (primary N) is 1. The van der Waals surface area contributed by atoms with Gasteiger partial charge in [-0.15, -0.1) is 0 Å². The summed E-state index contributed by atoms with van der Waals surface area (Å²) in [6.45, 7) is 7.43. The number of carbonyl (C=O) groups excluding carboxylic acids is 7. The van der Waals surface area contributed by atoms with Gasteiger partial charge in [-0.25, -0.2) is 0 Å². The number of alkyl halides is 1. The van der Waals surface area contributed by atoms with E-state index in [0.29, 0.717) is 16.8 Å². The maximum absolute atomic E-state index is 13.9. The molecule has 0 heterocycles. The normalized spacial score (nSPS) is 13.9. The van der Waals surface area contributed by atoms with Gasteiger partial charge in [0.15, 0.2) is 0 Å². The number of hydrogen-bond acceptors (Lipinski definition) is 11.